The largest absolute Gasteiger partial charge is 0.314 e. The smallest absolute Gasteiger partial charge is 0.243 e. The number of hydrogen-bond donors (Lipinski definition) is 1. The first-order valence-electron chi connectivity index (χ1n) is 6.20. The Labute approximate surface area is 126 Å². The lowest BCUT2D eigenvalue weighted by atomic mass is 10.2. The molecule has 0 radical (unpaired) electrons. The summed E-state index contributed by atoms with van der Waals surface area (Å²) < 4.78 is 26.9. The van der Waals surface area contributed by atoms with Crippen LogP contribution in [0.5, 0.6) is 0 Å². The number of nitrogens with zero attached hydrogens (tertiary/aromatic N) is 2. The van der Waals surface area contributed by atoms with Gasteiger partial charge in [-0.1, -0.05) is 6.07 Å². The number of aryl methyl sites for hydroxylation is 1. The molecule has 1 aromatic rings. The van der Waals surface area contributed by atoms with E-state index in [-0.39, 0.29) is 23.3 Å². The van der Waals surface area contributed by atoms with Gasteiger partial charge in [-0.05, 0) is 31.5 Å². The molecule has 1 fully saturated rings. The summed E-state index contributed by atoms with van der Waals surface area (Å²) in [7, 11) is -3.53. The predicted molar refractivity (Wildman–Crippen MR) is 79.4 cm³/mol. The van der Waals surface area contributed by atoms with Crippen LogP contribution in [0.25, 0.3) is 0 Å². The van der Waals surface area contributed by atoms with Crippen molar-refractivity contribution in [3.8, 4) is 6.07 Å². The fraction of sp³-hybridized carbons (Fsp3) is 0.462. The lowest BCUT2D eigenvalue weighted by Crippen LogP contribution is -2.52. The van der Waals surface area contributed by atoms with Gasteiger partial charge in [-0.25, -0.2) is 8.42 Å². The minimum atomic E-state index is -3.53. The maximum absolute atomic E-state index is 12.7. The van der Waals surface area contributed by atoms with Crippen LogP contribution in [0.15, 0.2) is 23.1 Å². The summed E-state index contributed by atoms with van der Waals surface area (Å²) in [5.74, 6) is 0. The van der Waals surface area contributed by atoms with E-state index in [1.54, 1.807) is 19.1 Å². The highest BCUT2D eigenvalue weighted by Gasteiger charge is 2.31. The molecule has 5 nitrogen and oxygen atoms in total. The average molecular weight is 316 g/mol. The van der Waals surface area contributed by atoms with E-state index < -0.39 is 10.0 Å². The Morgan fingerprint density at radius 2 is 2.15 bits per heavy atom. The normalized spacial score (nSPS) is 19.9. The SMILES string of the molecule is Cc1ccc(C#N)cc1S(=O)(=O)N1CCNCC1C.Cl. The molecule has 0 aromatic heterocycles. The number of nitriles is 1. The van der Waals surface area contributed by atoms with Crippen LogP contribution in [0.1, 0.15) is 18.1 Å². The Hall–Kier alpha value is -1.13. The van der Waals surface area contributed by atoms with E-state index in [9.17, 15) is 8.42 Å². The van der Waals surface area contributed by atoms with E-state index in [0.717, 1.165) is 0 Å². The quantitative estimate of drug-likeness (QED) is 0.892. The second-order valence-electron chi connectivity index (χ2n) is 4.76. The molecule has 7 heteroatoms. The summed E-state index contributed by atoms with van der Waals surface area (Å²) >= 11 is 0. The van der Waals surface area contributed by atoms with Gasteiger partial charge >= 0.3 is 0 Å². The molecule has 110 valence electrons. The minimum Gasteiger partial charge on any atom is -0.314 e. The first-order chi connectivity index (χ1) is 8.96. The third kappa shape index (κ3) is 3.13. The van der Waals surface area contributed by atoms with Crippen molar-refractivity contribution >= 4 is 22.4 Å². The van der Waals surface area contributed by atoms with Gasteiger partial charge in [-0.3, -0.25) is 0 Å². The summed E-state index contributed by atoms with van der Waals surface area (Å²) in [5, 5.41) is 12.1. The molecule has 0 spiro atoms. The average Bonchev–Trinajstić information content (AvgIpc) is 2.39. The third-order valence-electron chi connectivity index (χ3n) is 3.34. The van der Waals surface area contributed by atoms with Gasteiger partial charge in [0.15, 0.2) is 0 Å². The van der Waals surface area contributed by atoms with Gasteiger partial charge in [-0.15, -0.1) is 12.4 Å². The Morgan fingerprint density at radius 1 is 1.45 bits per heavy atom. The number of hydrogen-bond acceptors (Lipinski definition) is 4. The van der Waals surface area contributed by atoms with Crippen LogP contribution in [-0.2, 0) is 10.0 Å². The van der Waals surface area contributed by atoms with Crippen LogP contribution in [-0.4, -0.2) is 38.4 Å². The second kappa shape index (κ2) is 6.55. The van der Waals surface area contributed by atoms with Crippen molar-refractivity contribution in [2.24, 2.45) is 0 Å². The Morgan fingerprint density at radius 3 is 2.75 bits per heavy atom. The van der Waals surface area contributed by atoms with Crippen molar-refractivity contribution in [1.29, 1.82) is 5.26 Å². The van der Waals surface area contributed by atoms with Gasteiger partial charge in [0, 0.05) is 25.7 Å². The molecule has 1 aliphatic heterocycles. The molecular formula is C13H18ClN3O2S. The topological polar surface area (TPSA) is 73.2 Å². The lowest BCUT2D eigenvalue weighted by molar-refractivity contribution is 0.283. The summed E-state index contributed by atoms with van der Waals surface area (Å²) in [6.07, 6.45) is 0. The molecule has 1 unspecified atom stereocenters. The van der Waals surface area contributed by atoms with Crippen LogP contribution >= 0.6 is 12.4 Å². The number of halogens is 1. The van der Waals surface area contributed by atoms with E-state index in [0.29, 0.717) is 30.8 Å². The van der Waals surface area contributed by atoms with E-state index in [1.165, 1.54) is 10.4 Å². The predicted octanol–water partition coefficient (Wildman–Crippen LogP) is 1.27. The number of benzene rings is 1. The summed E-state index contributed by atoms with van der Waals surface area (Å²) in [6.45, 7) is 5.39. The molecule has 0 saturated carbocycles. The standard InChI is InChI=1S/C13H17N3O2S.ClH/c1-10-3-4-12(8-14)7-13(10)19(17,18)16-6-5-15-9-11(16)2;/h3-4,7,11,15H,5-6,9H2,1-2H3;1H. The van der Waals surface area contributed by atoms with Crippen LogP contribution in [0, 0.1) is 18.3 Å². The third-order valence-corrected chi connectivity index (χ3v) is 5.50. The molecule has 0 amide bonds. The van der Waals surface area contributed by atoms with Crippen LogP contribution in [0.3, 0.4) is 0 Å². The van der Waals surface area contributed by atoms with Gasteiger partial charge < -0.3 is 5.32 Å². The van der Waals surface area contributed by atoms with Crippen LogP contribution in [0.2, 0.25) is 0 Å². The van der Waals surface area contributed by atoms with E-state index in [1.807, 2.05) is 13.0 Å². The van der Waals surface area contributed by atoms with E-state index in [2.05, 4.69) is 5.32 Å². The Bertz CT molecular complexity index is 625. The van der Waals surface area contributed by atoms with Gasteiger partial charge in [0.1, 0.15) is 0 Å². The Balaban J connectivity index is 0.00000200. The van der Waals surface area contributed by atoms with Crippen molar-refractivity contribution in [3.05, 3.63) is 29.3 Å². The zero-order chi connectivity index (χ0) is 14.0. The van der Waals surface area contributed by atoms with Crippen molar-refractivity contribution in [1.82, 2.24) is 9.62 Å². The molecule has 2 rings (SSSR count). The molecule has 1 N–H and O–H groups in total. The fourth-order valence-corrected chi connectivity index (χ4v) is 4.14. The van der Waals surface area contributed by atoms with Crippen molar-refractivity contribution in [2.45, 2.75) is 24.8 Å². The van der Waals surface area contributed by atoms with Crippen molar-refractivity contribution in [3.63, 3.8) is 0 Å². The summed E-state index contributed by atoms with van der Waals surface area (Å²) in [5.41, 5.74) is 1.04. The van der Waals surface area contributed by atoms with E-state index in [4.69, 9.17) is 5.26 Å². The zero-order valence-corrected chi connectivity index (χ0v) is 13.1. The van der Waals surface area contributed by atoms with Gasteiger partial charge in [0.2, 0.25) is 10.0 Å². The molecule has 1 aliphatic rings. The van der Waals surface area contributed by atoms with E-state index >= 15 is 0 Å². The minimum absolute atomic E-state index is 0. The molecule has 20 heavy (non-hydrogen) atoms. The number of sulfonamides is 1. The molecule has 1 atom stereocenters. The highest BCUT2D eigenvalue weighted by atomic mass is 35.5. The van der Waals surface area contributed by atoms with Crippen molar-refractivity contribution < 1.29 is 8.42 Å². The highest BCUT2D eigenvalue weighted by molar-refractivity contribution is 7.89. The molecule has 1 saturated heterocycles. The molecule has 1 heterocycles. The highest BCUT2D eigenvalue weighted by Crippen LogP contribution is 2.23. The Kier molecular flexibility index (Phi) is 5.54. The zero-order valence-electron chi connectivity index (χ0n) is 11.5. The van der Waals surface area contributed by atoms with Gasteiger partial charge in [-0.2, -0.15) is 9.57 Å². The van der Waals surface area contributed by atoms with Crippen LogP contribution in [0.4, 0.5) is 0 Å². The summed E-state index contributed by atoms with van der Waals surface area (Å²) in [6, 6.07) is 6.68. The lowest BCUT2D eigenvalue weighted by Gasteiger charge is -2.33. The van der Waals surface area contributed by atoms with Gasteiger partial charge in [0.25, 0.3) is 0 Å². The fourth-order valence-electron chi connectivity index (χ4n) is 2.25. The number of piperazine rings is 1. The van der Waals surface area contributed by atoms with Gasteiger partial charge in [0.05, 0.1) is 16.5 Å². The monoisotopic (exact) mass is 315 g/mol. The van der Waals surface area contributed by atoms with Crippen molar-refractivity contribution in [2.75, 3.05) is 19.6 Å². The molecule has 1 aromatic carbocycles. The molecule has 0 aliphatic carbocycles. The first kappa shape index (κ1) is 16.9. The number of rotatable bonds is 2. The maximum atomic E-state index is 12.7. The summed E-state index contributed by atoms with van der Waals surface area (Å²) in [4.78, 5) is 0.236. The number of nitrogens with one attached hydrogen (secondary N) is 1. The molecule has 0 bridgehead atoms. The van der Waals surface area contributed by atoms with Crippen LogP contribution < -0.4 is 5.32 Å². The first-order valence-corrected chi connectivity index (χ1v) is 7.64. The second-order valence-corrected chi connectivity index (χ2v) is 6.62. The maximum Gasteiger partial charge on any atom is 0.243 e. The molecular weight excluding hydrogens is 298 g/mol.